The Kier molecular flexibility index (Phi) is 5.59. The third-order valence-electron chi connectivity index (χ3n) is 1.90. The van der Waals surface area contributed by atoms with Gasteiger partial charge in [0, 0.05) is 25.5 Å². The predicted molar refractivity (Wildman–Crippen MR) is 59.2 cm³/mol. The van der Waals surface area contributed by atoms with Crippen LogP contribution in [0.15, 0.2) is 24.5 Å². The van der Waals surface area contributed by atoms with Gasteiger partial charge in [-0.2, -0.15) is 5.26 Å². The molecule has 0 radical (unpaired) electrons. The lowest BCUT2D eigenvalue weighted by atomic mass is 10.3. The summed E-state index contributed by atoms with van der Waals surface area (Å²) in [5, 5.41) is 13.9. The largest absolute Gasteiger partial charge is 0.354 e. The summed E-state index contributed by atoms with van der Waals surface area (Å²) in [6, 6.07) is 5.75. The first-order valence-electron chi connectivity index (χ1n) is 5.06. The zero-order valence-corrected chi connectivity index (χ0v) is 8.94. The average molecular weight is 218 g/mol. The number of carbonyl (C=O) groups is 1. The molecule has 5 nitrogen and oxygen atoms in total. The molecule has 1 aromatic rings. The molecule has 0 bridgehead atoms. The van der Waals surface area contributed by atoms with E-state index < -0.39 is 0 Å². The summed E-state index contributed by atoms with van der Waals surface area (Å²) in [6.45, 7) is 1.27. The van der Waals surface area contributed by atoms with Crippen LogP contribution >= 0.6 is 0 Å². The molecular formula is C11H14N4O. The molecule has 0 aromatic carbocycles. The van der Waals surface area contributed by atoms with E-state index in [-0.39, 0.29) is 12.5 Å². The molecule has 0 atom stereocenters. The maximum atomic E-state index is 11.2. The van der Waals surface area contributed by atoms with Gasteiger partial charge in [0.25, 0.3) is 0 Å². The molecular weight excluding hydrogens is 204 g/mol. The number of nitrogens with zero attached hydrogens (tertiary/aromatic N) is 2. The van der Waals surface area contributed by atoms with Gasteiger partial charge in [0.2, 0.25) is 5.91 Å². The fourth-order valence-corrected chi connectivity index (χ4v) is 1.14. The summed E-state index contributed by atoms with van der Waals surface area (Å²) in [4.78, 5) is 15.2. The molecule has 0 aliphatic heterocycles. The number of rotatable bonds is 6. The molecule has 0 fully saturated rings. The van der Waals surface area contributed by atoms with Gasteiger partial charge in [-0.3, -0.25) is 9.78 Å². The Morgan fingerprint density at radius 3 is 3.12 bits per heavy atom. The normalized spacial score (nSPS) is 9.44. The maximum Gasteiger partial charge on any atom is 0.234 e. The number of aromatic nitrogens is 1. The van der Waals surface area contributed by atoms with E-state index >= 15 is 0 Å². The van der Waals surface area contributed by atoms with E-state index in [9.17, 15) is 4.79 Å². The Morgan fingerprint density at radius 2 is 2.44 bits per heavy atom. The number of carbonyl (C=O) groups excluding carboxylic acids is 1. The second kappa shape index (κ2) is 7.37. The minimum Gasteiger partial charge on any atom is -0.354 e. The highest BCUT2D eigenvalue weighted by atomic mass is 16.1. The van der Waals surface area contributed by atoms with Gasteiger partial charge in [-0.25, -0.2) is 0 Å². The molecule has 1 aromatic heterocycles. The fourth-order valence-electron chi connectivity index (χ4n) is 1.14. The number of nitriles is 1. The Balaban J connectivity index is 2.12. The highest BCUT2D eigenvalue weighted by molar-refractivity contribution is 5.77. The molecule has 0 saturated heterocycles. The first-order valence-corrected chi connectivity index (χ1v) is 5.06. The van der Waals surface area contributed by atoms with Crippen LogP contribution < -0.4 is 10.6 Å². The topological polar surface area (TPSA) is 77.8 Å². The van der Waals surface area contributed by atoms with Crippen molar-refractivity contribution < 1.29 is 4.79 Å². The molecule has 0 aliphatic carbocycles. The van der Waals surface area contributed by atoms with Crippen molar-refractivity contribution in [1.29, 1.82) is 5.26 Å². The van der Waals surface area contributed by atoms with E-state index in [4.69, 9.17) is 5.26 Å². The fraction of sp³-hybridized carbons (Fsp3) is 0.364. The standard InChI is InChI=1S/C11H14N4O/c12-4-2-6-15-11(16)9-14-8-10-3-1-5-13-7-10/h1,3,5,7,14H,2,6,8-9H2,(H,15,16). The van der Waals surface area contributed by atoms with E-state index in [0.29, 0.717) is 19.5 Å². The molecule has 0 spiro atoms. The second-order valence-corrected chi connectivity index (χ2v) is 3.22. The van der Waals surface area contributed by atoms with Crippen LogP contribution in [-0.4, -0.2) is 24.0 Å². The van der Waals surface area contributed by atoms with Gasteiger partial charge >= 0.3 is 0 Å². The van der Waals surface area contributed by atoms with Crippen molar-refractivity contribution in [2.45, 2.75) is 13.0 Å². The van der Waals surface area contributed by atoms with E-state index in [1.54, 1.807) is 12.4 Å². The third kappa shape index (κ3) is 5.08. The van der Waals surface area contributed by atoms with E-state index in [2.05, 4.69) is 15.6 Å². The molecule has 0 saturated carbocycles. The summed E-state index contributed by atoms with van der Waals surface area (Å²) in [6.07, 6.45) is 3.80. The summed E-state index contributed by atoms with van der Waals surface area (Å²) in [5.74, 6) is -0.0980. The van der Waals surface area contributed by atoms with Gasteiger partial charge in [0.1, 0.15) is 0 Å². The van der Waals surface area contributed by atoms with Gasteiger partial charge in [0.15, 0.2) is 0 Å². The second-order valence-electron chi connectivity index (χ2n) is 3.22. The Labute approximate surface area is 94.5 Å². The third-order valence-corrected chi connectivity index (χ3v) is 1.90. The molecule has 1 amide bonds. The number of nitrogens with one attached hydrogen (secondary N) is 2. The number of hydrogen-bond donors (Lipinski definition) is 2. The van der Waals surface area contributed by atoms with Crippen LogP contribution in [0.25, 0.3) is 0 Å². The van der Waals surface area contributed by atoms with Gasteiger partial charge in [-0.05, 0) is 11.6 Å². The lowest BCUT2D eigenvalue weighted by Gasteiger charge is -2.04. The quantitative estimate of drug-likeness (QED) is 0.669. The first-order chi connectivity index (χ1) is 7.83. The summed E-state index contributed by atoms with van der Waals surface area (Å²) >= 11 is 0. The molecule has 84 valence electrons. The summed E-state index contributed by atoms with van der Waals surface area (Å²) < 4.78 is 0. The number of amides is 1. The lowest BCUT2D eigenvalue weighted by molar-refractivity contribution is -0.120. The van der Waals surface area contributed by atoms with E-state index in [1.165, 1.54) is 0 Å². The smallest absolute Gasteiger partial charge is 0.234 e. The summed E-state index contributed by atoms with van der Waals surface area (Å²) in [5.41, 5.74) is 1.03. The van der Waals surface area contributed by atoms with Crippen molar-refractivity contribution >= 4 is 5.91 Å². The molecule has 1 rings (SSSR count). The van der Waals surface area contributed by atoms with Gasteiger partial charge in [-0.1, -0.05) is 6.07 Å². The van der Waals surface area contributed by atoms with Crippen molar-refractivity contribution in [2.24, 2.45) is 0 Å². The summed E-state index contributed by atoms with van der Waals surface area (Å²) in [7, 11) is 0. The molecule has 1 heterocycles. The molecule has 0 unspecified atom stereocenters. The molecule has 0 aliphatic rings. The van der Waals surface area contributed by atoms with Crippen molar-refractivity contribution in [3.63, 3.8) is 0 Å². The zero-order valence-electron chi connectivity index (χ0n) is 8.94. The average Bonchev–Trinajstić information content (AvgIpc) is 2.31. The first kappa shape index (κ1) is 12.1. The van der Waals surface area contributed by atoms with Crippen LogP contribution in [0.3, 0.4) is 0 Å². The SMILES string of the molecule is N#CCCNC(=O)CNCc1cccnc1. The van der Waals surface area contributed by atoms with Crippen molar-refractivity contribution in [1.82, 2.24) is 15.6 Å². The minimum absolute atomic E-state index is 0.0980. The molecule has 2 N–H and O–H groups in total. The highest BCUT2D eigenvalue weighted by Crippen LogP contribution is 1.93. The van der Waals surface area contributed by atoms with Gasteiger partial charge < -0.3 is 10.6 Å². The van der Waals surface area contributed by atoms with Gasteiger partial charge in [0.05, 0.1) is 19.0 Å². The minimum atomic E-state index is -0.0980. The van der Waals surface area contributed by atoms with E-state index in [1.807, 2.05) is 18.2 Å². The van der Waals surface area contributed by atoms with Crippen LogP contribution in [0, 0.1) is 11.3 Å². The van der Waals surface area contributed by atoms with Crippen LogP contribution in [0.2, 0.25) is 0 Å². The molecule has 16 heavy (non-hydrogen) atoms. The number of pyridine rings is 1. The van der Waals surface area contributed by atoms with Crippen LogP contribution in [-0.2, 0) is 11.3 Å². The maximum absolute atomic E-state index is 11.2. The highest BCUT2D eigenvalue weighted by Gasteiger charge is 1.99. The zero-order chi connectivity index (χ0) is 11.6. The van der Waals surface area contributed by atoms with Gasteiger partial charge in [-0.15, -0.1) is 0 Å². The monoisotopic (exact) mass is 218 g/mol. The Morgan fingerprint density at radius 1 is 1.56 bits per heavy atom. The lowest BCUT2D eigenvalue weighted by Crippen LogP contribution is -2.34. The Bertz CT molecular complexity index is 358. The molecule has 5 heteroatoms. The van der Waals surface area contributed by atoms with Crippen molar-refractivity contribution in [3.05, 3.63) is 30.1 Å². The van der Waals surface area contributed by atoms with Crippen molar-refractivity contribution in [2.75, 3.05) is 13.1 Å². The van der Waals surface area contributed by atoms with Crippen LogP contribution in [0.5, 0.6) is 0 Å². The van der Waals surface area contributed by atoms with Crippen LogP contribution in [0.4, 0.5) is 0 Å². The van der Waals surface area contributed by atoms with Crippen LogP contribution in [0.1, 0.15) is 12.0 Å². The van der Waals surface area contributed by atoms with E-state index in [0.717, 1.165) is 5.56 Å². The number of hydrogen-bond acceptors (Lipinski definition) is 4. The Hall–Kier alpha value is -1.93. The van der Waals surface area contributed by atoms with Crippen molar-refractivity contribution in [3.8, 4) is 6.07 Å². The predicted octanol–water partition coefficient (Wildman–Crippen LogP) is 0.201.